The Labute approximate surface area is 178 Å². The van der Waals surface area contributed by atoms with Crippen LogP contribution in [0.5, 0.6) is 0 Å². The van der Waals surface area contributed by atoms with E-state index in [2.05, 4.69) is 31.9 Å². The number of rotatable bonds is 7. The van der Waals surface area contributed by atoms with Crippen molar-refractivity contribution < 1.29 is 4.79 Å². The van der Waals surface area contributed by atoms with E-state index in [9.17, 15) is 4.79 Å². The molecule has 0 aliphatic carbocycles. The summed E-state index contributed by atoms with van der Waals surface area (Å²) < 4.78 is 1.70. The first-order valence-corrected chi connectivity index (χ1v) is 9.68. The lowest BCUT2D eigenvalue weighted by molar-refractivity contribution is 0.0950. The van der Waals surface area contributed by atoms with Crippen LogP contribution in [0.25, 0.3) is 22.5 Å². The lowest BCUT2D eigenvalue weighted by Gasteiger charge is -1.98. The van der Waals surface area contributed by atoms with Gasteiger partial charge in [-0.2, -0.15) is 20.6 Å². The molecular formula is C23H19N7O. The van der Waals surface area contributed by atoms with Gasteiger partial charge in [-0.05, 0) is 6.07 Å². The van der Waals surface area contributed by atoms with Gasteiger partial charge < -0.3 is 0 Å². The van der Waals surface area contributed by atoms with Crippen LogP contribution in [0.1, 0.15) is 22.5 Å². The highest BCUT2D eigenvalue weighted by atomic mass is 16.2. The average molecular weight is 409 g/mol. The van der Waals surface area contributed by atoms with Crippen LogP contribution in [-0.2, 0) is 6.54 Å². The topological polar surface area (TPSA) is 112 Å². The van der Waals surface area contributed by atoms with Crippen LogP contribution in [0.3, 0.4) is 0 Å². The number of hydrogen-bond acceptors (Lipinski definition) is 5. The van der Waals surface area contributed by atoms with Crippen molar-refractivity contribution >= 4 is 12.1 Å². The lowest BCUT2D eigenvalue weighted by atomic mass is 10.1. The zero-order chi connectivity index (χ0) is 21.5. The maximum Gasteiger partial charge on any atom is 0.289 e. The molecule has 0 aliphatic heterocycles. The molecule has 1 amide bonds. The Bertz CT molecular complexity index is 1230. The summed E-state index contributed by atoms with van der Waals surface area (Å²) in [5, 5.41) is 24.4. The number of benzene rings is 2. The summed E-state index contributed by atoms with van der Waals surface area (Å²) >= 11 is 0. The Balaban J connectivity index is 1.49. The quantitative estimate of drug-likeness (QED) is 0.359. The van der Waals surface area contributed by atoms with Gasteiger partial charge in [0.15, 0.2) is 0 Å². The number of aromatic nitrogens is 4. The summed E-state index contributed by atoms with van der Waals surface area (Å²) in [6.07, 6.45) is 3.70. The normalized spacial score (nSPS) is 10.8. The van der Waals surface area contributed by atoms with Gasteiger partial charge in [-0.25, -0.2) is 5.43 Å². The van der Waals surface area contributed by atoms with Gasteiger partial charge in [0.25, 0.3) is 5.91 Å². The van der Waals surface area contributed by atoms with E-state index in [0.29, 0.717) is 24.4 Å². The van der Waals surface area contributed by atoms with E-state index < -0.39 is 5.91 Å². The Kier molecular flexibility index (Phi) is 5.95. The second-order valence-corrected chi connectivity index (χ2v) is 6.70. The Morgan fingerprint density at radius 2 is 1.84 bits per heavy atom. The third-order valence-corrected chi connectivity index (χ3v) is 4.55. The van der Waals surface area contributed by atoms with Gasteiger partial charge in [0.2, 0.25) is 0 Å². The molecule has 0 saturated heterocycles. The zero-order valence-corrected chi connectivity index (χ0v) is 16.6. The molecule has 2 heterocycles. The maximum atomic E-state index is 12.4. The molecule has 0 fully saturated rings. The minimum absolute atomic E-state index is 0.309. The van der Waals surface area contributed by atoms with Crippen molar-refractivity contribution in [1.29, 1.82) is 5.26 Å². The molecule has 0 radical (unpaired) electrons. The molecule has 2 aromatic carbocycles. The number of nitrogens with one attached hydrogen (secondary N) is 2. The molecule has 0 spiro atoms. The van der Waals surface area contributed by atoms with Crippen molar-refractivity contribution in [2.45, 2.75) is 13.0 Å². The number of aryl methyl sites for hydroxylation is 1. The highest BCUT2D eigenvalue weighted by molar-refractivity contribution is 5.95. The monoisotopic (exact) mass is 409 g/mol. The molecule has 31 heavy (non-hydrogen) atoms. The van der Waals surface area contributed by atoms with Crippen molar-refractivity contribution in [3.8, 4) is 28.6 Å². The molecule has 0 unspecified atom stereocenters. The summed E-state index contributed by atoms with van der Waals surface area (Å²) in [5.41, 5.74) is 6.80. The second-order valence-electron chi connectivity index (χ2n) is 6.70. The van der Waals surface area contributed by atoms with Crippen molar-refractivity contribution in [2.24, 2.45) is 5.10 Å². The van der Waals surface area contributed by atoms with Crippen molar-refractivity contribution in [3.63, 3.8) is 0 Å². The van der Waals surface area contributed by atoms with E-state index in [-0.39, 0.29) is 0 Å². The smallest absolute Gasteiger partial charge is 0.272 e. The Morgan fingerprint density at radius 1 is 1.13 bits per heavy atom. The molecular weight excluding hydrogens is 390 g/mol. The van der Waals surface area contributed by atoms with Gasteiger partial charge in [0.05, 0.1) is 30.9 Å². The number of nitriles is 1. The Morgan fingerprint density at radius 3 is 2.55 bits per heavy atom. The second kappa shape index (κ2) is 9.33. The number of aromatic amines is 1. The third kappa shape index (κ3) is 4.74. The molecule has 2 N–H and O–H groups in total. The van der Waals surface area contributed by atoms with Gasteiger partial charge in [-0.3, -0.25) is 14.6 Å². The van der Waals surface area contributed by atoms with Gasteiger partial charge in [-0.1, -0.05) is 60.7 Å². The first-order valence-electron chi connectivity index (χ1n) is 9.68. The minimum atomic E-state index is -0.399. The van der Waals surface area contributed by atoms with Gasteiger partial charge >= 0.3 is 0 Å². The predicted molar refractivity (Wildman–Crippen MR) is 117 cm³/mol. The van der Waals surface area contributed by atoms with E-state index in [1.807, 2.05) is 60.7 Å². The van der Waals surface area contributed by atoms with Crippen molar-refractivity contribution in [2.75, 3.05) is 0 Å². The molecule has 4 aromatic rings. The lowest BCUT2D eigenvalue weighted by Crippen LogP contribution is -2.18. The predicted octanol–water partition coefficient (Wildman–Crippen LogP) is 3.62. The van der Waals surface area contributed by atoms with Gasteiger partial charge in [0, 0.05) is 22.9 Å². The van der Waals surface area contributed by atoms with Crippen LogP contribution in [0.4, 0.5) is 0 Å². The molecule has 2 aromatic heterocycles. The molecule has 152 valence electrons. The molecule has 0 saturated carbocycles. The summed E-state index contributed by atoms with van der Waals surface area (Å²) in [6.45, 7) is 0.479. The first-order chi connectivity index (χ1) is 15.2. The van der Waals surface area contributed by atoms with Crippen molar-refractivity contribution in [3.05, 3.63) is 84.2 Å². The number of hydrogen-bond donors (Lipinski definition) is 2. The fourth-order valence-corrected chi connectivity index (χ4v) is 3.05. The highest BCUT2D eigenvalue weighted by Crippen LogP contribution is 2.21. The maximum absolute atomic E-state index is 12.4. The molecule has 0 bridgehead atoms. The summed E-state index contributed by atoms with van der Waals surface area (Å²) in [7, 11) is 0. The van der Waals surface area contributed by atoms with Crippen LogP contribution in [0.15, 0.2) is 78.0 Å². The number of carbonyl (C=O) groups is 1. The van der Waals surface area contributed by atoms with E-state index in [4.69, 9.17) is 5.26 Å². The number of hydrazone groups is 1. The van der Waals surface area contributed by atoms with Crippen LogP contribution >= 0.6 is 0 Å². The zero-order valence-electron chi connectivity index (χ0n) is 16.6. The van der Waals surface area contributed by atoms with E-state index in [0.717, 1.165) is 22.4 Å². The molecule has 8 heteroatoms. The standard InChI is InChI=1S/C23H19N7O/c24-12-7-13-30-16-19(22(29-30)18-10-5-2-6-11-18)15-25-28-23(31)21-14-20(26-27-21)17-8-3-1-4-9-17/h1-6,8-11,14-16H,7,13H2,(H,26,27)(H,28,31)/b25-15-. The largest absolute Gasteiger partial charge is 0.289 e. The summed E-state index contributed by atoms with van der Waals surface area (Å²) in [5.74, 6) is -0.399. The van der Waals surface area contributed by atoms with Crippen LogP contribution < -0.4 is 5.43 Å². The summed E-state index contributed by atoms with van der Waals surface area (Å²) in [4.78, 5) is 12.4. The number of carbonyl (C=O) groups excluding carboxylic acids is 1. The van der Waals surface area contributed by atoms with E-state index in [1.165, 1.54) is 0 Å². The molecule has 0 atom stereocenters. The fraction of sp³-hybridized carbons (Fsp3) is 0.0870. The Hall–Kier alpha value is -4.51. The highest BCUT2D eigenvalue weighted by Gasteiger charge is 2.12. The minimum Gasteiger partial charge on any atom is -0.272 e. The van der Waals surface area contributed by atoms with Crippen LogP contribution in [0.2, 0.25) is 0 Å². The number of H-pyrrole nitrogens is 1. The van der Waals surface area contributed by atoms with E-state index >= 15 is 0 Å². The number of amides is 1. The fourth-order valence-electron chi connectivity index (χ4n) is 3.05. The van der Waals surface area contributed by atoms with E-state index in [1.54, 1.807) is 23.2 Å². The molecule has 8 nitrogen and oxygen atoms in total. The van der Waals surface area contributed by atoms with Gasteiger partial charge in [-0.15, -0.1) is 0 Å². The van der Waals surface area contributed by atoms with Crippen molar-refractivity contribution in [1.82, 2.24) is 25.4 Å². The average Bonchev–Trinajstić information content (AvgIpc) is 3.47. The third-order valence-electron chi connectivity index (χ3n) is 4.55. The van der Waals surface area contributed by atoms with Crippen LogP contribution in [-0.4, -0.2) is 32.1 Å². The summed E-state index contributed by atoms with van der Waals surface area (Å²) in [6, 6.07) is 23.1. The SMILES string of the molecule is N#CCCn1cc(/C=N\NC(=O)c2cc(-c3ccccc3)n[nH]2)c(-c2ccccc2)n1. The van der Waals surface area contributed by atoms with Crippen LogP contribution in [0, 0.1) is 11.3 Å². The first kappa shape index (κ1) is 19.8. The molecule has 0 aliphatic rings. The van der Waals surface area contributed by atoms with Gasteiger partial charge in [0.1, 0.15) is 11.4 Å². The molecule has 4 rings (SSSR count). The number of nitrogens with zero attached hydrogens (tertiary/aromatic N) is 5.